The van der Waals surface area contributed by atoms with Gasteiger partial charge in [0.1, 0.15) is 0 Å². The Hall–Kier alpha value is -0.610. The van der Waals surface area contributed by atoms with Gasteiger partial charge in [0.05, 0.1) is 5.92 Å². The minimum Gasteiger partial charge on any atom is -0.355 e. The lowest BCUT2D eigenvalue weighted by Gasteiger charge is -2.36. The van der Waals surface area contributed by atoms with Gasteiger partial charge < -0.3 is 15.5 Å². The molecule has 2 N–H and O–H groups in total. The normalized spacial score (nSPS) is 25.0. The van der Waals surface area contributed by atoms with Crippen molar-refractivity contribution in [2.75, 3.05) is 39.8 Å². The Bertz CT molecular complexity index is 197. The molecule has 0 spiro atoms. The minimum absolute atomic E-state index is 0.230. The van der Waals surface area contributed by atoms with Crippen LogP contribution in [0.15, 0.2) is 0 Å². The first-order valence-electron chi connectivity index (χ1n) is 4.92. The second-order valence-electron chi connectivity index (χ2n) is 4.19. The van der Waals surface area contributed by atoms with E-state index >= 15 is 0 Å². The number of rotatable bonds is 3. The molecule has 0 aliphatic carbocycles. The summed E-state index contributed by atoms with van der Waals surface area (Å²) in [6.45, 7) is 4.83. The summed E-state index contributed by atoms with van der Waals surface area (Å²) < 4.78 is 0. The monoisotopic (exact) mass is 183 g/mol. The van der Waals surface area contributed by atoms with Crippen LogP contribution in [0.3, 0.4) is 0 Å². The smallest absolute Gasteiger partial charge is 0.225 e. The Labute approximate surface area is 78.7 Å². The lowest BCUT2D eigenvalue weighted by molar-refractivity contribution is -0.126. The Morgan fingerprint density at radius 2 is 2.23 bits per heavy atom. The fourth-order valence-electron chi connectivity index (χ4n) is 1.82. The largest absolute Gasteiger partial charge is 0.355 e. The van der Waals surface area contributed by atoms with Crippen LogP contribution in [0.1, 0.15) is 0 Å². The Morgan fingerprint density at radius 3 is 2.69 bits per heavy atom. The quantitative estimate of drug-likeness (QED) is 0.583. The van der Waals surface area contributed by atoms with Crippen LogP contribution < -0.4 is 10.6 Å². The van der Waals surface area contributed by atoms with Gasteiger partial charge in [-0.25, -0.2) is 0 Å². The van der Waals surface area contributed by atoms with Gasteiger partial charge in [0.2, 0.25) is 5.91 Å². The van der Waals surface area contributed by atoms with Gasteiger partial charge in [-0.15, -0.1) is 0 Å². The zero-order valence-corrected chi connectivity index (χ0v) is 8.05. The highest BCUT2D eigenvalue weighted by Crippen LogP contribution is 2.11. The summed E-state index contributed by atoms with van der Waals surface area (Å²) >= 11 is 0. The fraction of sp³-hybridized carbons (Fsp3) is 0.889. The standard InChI is InChI=1S/C9H17N3O/c1-12-5-7(6-12)2-11-9(13)8-3-10-4-8/h7-8,10H,2-6H2,1H3,(H,11,13). The van der Waals surface area contributed by atoms with Crippen LogP contribution in [-0.2, 0) is 4.79 Å². The van der Waals surface area contributed by atoms with Crippen molar-refractivity contribution in [3.8, 4) is 0 Å². The molecule has 0 aromatic carbocycles. The van der Waals surface area contributed by atoms with Crippen LogP contribution in [0.25, 0.3) is 0 Å². The molecule has 2 fully saturated rings. The van der Waals surface area contributed by atoms with E-state index in [4.69, 9.17) is 0 Å². The lowest BCUT2D eigenvalue weighted by atomic mass is 9.99. The van der Waals surface area contributed by atoms with Gasteiger partial charge >= 0.3 is 0 Å². The van der Waals surface area contributed by atoms with E-state index in [1.54, 1.807) is 0 Å². The fourth-order valence-corrected chi connectivity index (χ4v) is 1.82. The molecule has 2 saturated heterocycles. The summed E-state index contributed by atoms with van der Waals surface area (Å²) in [7, 11) is 2.11. The molecule has 0 saturated carbocycles. The summed E-state index contributed by atoms with van der Waals surface area (Å²) in [5.74, 6) is 1.15. The molecule has 0 aromatic heterocycles. The molecule has 1 amide bonds. The zero-order chi connectivity index (χ0) is 9.26. The van der Waals surface area contributed by atoms with Gasteiger partial charge in [0.25, 0.3) is 0 Å². The van der Waals surface area contributed by atoms with Crippen molar-refractivity contribution >= 4 is 5.91 Å². The molecule has 4 nitrogen and oxygen atoms in total. The van der Waals surface area contributed by atoms with Crippen molar-refractivity contribution in [1.82, 2.24) is 15.5 Å². The molecule has 0 unspecified atom stereocenters. The molecule has 2 heterocycles. The second kappa shape index (κ2) is 3.64. The van der Waals surface area contributed by atoms with E-state index in [0.29, 0.717) is 5.92 Å². The van der Waals surface area contributed by atoms with Gasteiger partial charge in [0.15, 0.2) is 0 Å². The maximum absolute atomic E-state index is 11.4. The van der Waals surface area contributed by atoms with Crippen molar-refractivity contribution in [2.45, 2.75) is 0 Å². The lowest BCUT2D eigenvalue weighted by Crippen LogP contribution is -2.54. The summed E-state index contributed by atoms with van der Waals surface area (Å²) in [4.78, 5) is 13.7. The number of likely N-dealkylation sites (tertiary alicyclic amines) is 1. The third-order valence-corrected chi connectivity index (χ3v) is 2.86. The van der Waals surface area contributed by atoms with Crippen molar-refractivity contribution in [2.24, 2.45) is 11.8 Å². The highest BCUT2D eigenvalue weighted by molar-refractivity contribution is 5.79. The van der Waals surface area contributed by atoms with Crippen LogP contribution in [0.2, 0.25) is 0 Å². The Kier molecular flexibility index (Phi) is 2.51. The first-order valence-corrected chi connectivity index (χ1v) is 4.92. The molecule has 2 rings (SSSR count). The maximum Gasteiger partial charge on any atom is 0.225 e. The maximum atomic E-state index is 11.4. The summed E-state index contributed by atoms with van der Waals surface area (Å²) in [5, 5.41) is 6.10. The number of amides is 1. The predicted octanol–water partition coefficient (Wildman–Crippen LogP) is -1.12. The zero-order valence-electron chi connectivity index (χ0n) is 8.05. The number of nitrogens with zero attached hydrogens (tertiary/aromatic N) is 1. The van der Waals surface area contributed by atoms with E-state index in [9.17, 15) is 4.79 Å². The Balaban J connectivity index is 1.59. The molecule has 74 valence electrons. The van der Waals surface area contributed by atoms with Gasteiger partial charge in [-0.05, 0) is 7.05 Å². The van der Waals surface area contributed by atoms with E-state index in [0.717, 1.165) is 32.7 Å². The molecule has 13 heavy (non-hydrogen) atoms. The minimum atomic E-state index is 0.230. The van der Waals surface area contributed by atoms with E-state index in [1.165, 1.54) is 0 Å². The molecular formula is C9H17N3O. The average molecular weight is 183 g/mol. The highest BCUT2D eigenvalue weighted by atomic mass is 16.2. The first-order chi connectivity index (χ1) is 6.25. The van der Waals surface area contributed by atoms with Crippen LogP contribution in [-0.4, -0.2) is 50.6 Å². The van der Waals surface area contributed by atoms with E-state index in [2.05, 4.69) is 22.6 Å². The first kappa shape index (κ1) is 8.97. The van der Waals surface area contributed by atoms with E-state index in [1.807, 2.05) is 0 Å². The SMILES string of the molecule is CN1CC(CNC(=O)C2CNC2)C1. The van der Waals surface area contributed by atoms with Gasteiger partial charge in [-0.3, -0.25) is 4.79 Å². The number of carbonyl (C=O) groups is 1. The third-order valence-electron chi connectivity index (χ3n) is 2.86. The van der Waals surface area contributed by atoms with Crippen molar-refractivity contribution < 1.29 is 4.79 Å². The molecule has 0 aromatic rings. The topological polar surface area (TPSA) is 44.4 Å². The van der Waals surface area contributed by atoms with Crippen LogP contribution in [0.4, 0.5) is 0 Å². The van der Waals surface area contributed by atoms with Crippen LogP contribution in [0.5, 0.6) is 0 Å². The molecular weight excluding hydrogens is 166 g/mol. The van der Waals surface area contributed by atoms with Gasteiger partial charge in [0, 0.05) is 38.6 Å². The van der Waals surface area contributed by atoms with Crippen LogP contribution in [0, 0.1) is 11.8 Å². The summed E-state index contributed by atoms with van der Waals surface area (Å²) in [5.41, 5.74) is 0. The van der Waals surface area contributed by atoms with E-state index in [-0.39, 0.29) is 11.8 Å². The van der Waals surface area contributed by atoms with Crippen molar-refractivity contribution in [3.63, 3.8) is 0 Å². The molecule has 4 heteroatoms. The predicted molar refractivity (Wildman–Crippen MR) is 50.4 cm³/mol. The van der Waals surface area contributed by atoms with E-state index < -0.39 is 0 Å². The van der Waals surface area contributed by atoms with Crippen molar-refractivity contribution in [1.29, 1.82) is 0 Å². The number of hydrogen-bond acceptors (Lipinski definition) is 3. The Morgan fingerprint density at radius 1 is 1.54 bits per heavy atom. The number of carbonyl (C=O) groups excluding carboxylic acids is 1. The molecule has 0 atom stereocenters. The van der Waals surface area contributed by atoms with Gasteiger partial charge in [-0.2, -0.15) is 0 Å². The second-order valence-corrected chi connectivity index (χ2v) is 4.19. The highest BCUT2D eigenvalue weighted by Gasteiger charge is 2.27. The molecule has 0 radical (unpaired) electrons. The third kappa shape index (κ3) is 2.00. The average Bonchev–Trinajstić information content (AvgIpc) is 1.92. The summed E-state index contributed by atoms with van der Waals surface area (Å²) in [6.07, 6.45) is 0. The number of hydrogen-bond donors (Lipinski definition) is 2. The number of nitrogens with one attached hydrogen (secondary N) is 2. The molecule has 2 aliphatic rings. The molecule has 2 aliphatic heterocycles. The van der Waals surface area contributed by atoms with Gasteiger partial charge in [-0.1, -0.05) is 0 Å². The van der Waals surface area contributed by atoms with Crippen LogP contribution >= 0.6 is 0 Å². The van der Waals surface area contributed by atoms with Crippen molar-refractivity contribution in [3.05, 3.63) is 0 Å². The molecule has 0 bridgehead atoms. The summed E-state index contributed by atoms with van der Waals surface area (Å²) in [6, 6.07) is 0.